The van der Waals surface area contributed by atoms with Crippen LogP contribution in [0.3, 0.4) is 0 Å². The number of nitrogens with zero attached hydrogens (tertiary/aromatic N) is 5. The lowest BCUT2D eigenvalue weighted by molar-refractivity contribution is -0.117. The van der Waals surface area contributed by atoms with Gasteiger partial charge < -0.3 is 9.47 Å². The second kappa shape index (κ2) is 6.72. The molecule has 3 aromatic rings. The minimum Gasteiger partial charge on any atom is -0.312 e. The van der Waals surface area contributed by atoms with Crippen molar-refractivity contribution in [1.82, 2.24) is 18.7 Å². The molecule has 0 saturated heterocycles. The fourth-order valence-corrected chi connectivity index (χ4v) is 4.19. The fourth-order valence-electron chi connectivity index (χ4n) is 4.19. The Kier molecular flexibility index (Phi) is 4.44. The van der Waals surface area contributed by atoms with Gasteiger partial charge in [-0.25, -0.2) is 4.79 Å². The average Bonchev–Trinajstić information content (AvgIpc) is 3.01. The molecule has 8 nitrogen and oxygen atoms in total. The van der Waals surface area contributed by atoms with Crippen molar-refractivity contribution in [2.75, 3.05) is 11.4 Å². The molecule has 0 fully saturated rings. The van der Waals surface area contributed by atoms with E-state index in [2.05, 4.69) is 43.9 Å². The van der Waals surface area contributed by atoms with Gasteiger partial charge in [0.1, 0.15) is 5.78 Å². The van der Waals surface area contributed by atoms with Crippen LogP contribution in [0, 0.1) is 19.8 Å². The van der Waals surface area contributed by atoms with Crippen molar-refractivity contribution in [3.8, 4) is 0 Å². The van der Waals surface area contributed by atoms with Crippen LogP contribution in [0.1, 0.15) is 25.0 Å². The lowest BCUT2D eigenvalue weighted by Crippen LogP contribution is -2.41. The summed E-state index contributed by atoms with van der Waals surface area (Å²) in [6.07, 6.45) is 0. The van der Waals surface area contributed by atoms with Crippen molar-refractivity contribution in [2.45, 2.75) is 40.8 Å². The van der Waals surface area contributed by atoms with Crippen LogP contribution in [-0.2, 0) is 24.9 Å². The molecule has 152 valence electrons. The van der Waals surface area contributed by atoms with Crippen LogP contribution in [0.5, 0.6) is 0 Å². The number of aromatic nitrogens is 4. The van der Waals surface area contributed by atoms with Crippen molar-refractivity contribution in [3.05, 3.63) is 50.2 Å². The number of carbonyl (C=O) groups is 1. The zero-order valence-corrected chi connectivity index (χ0v) is 17.4. The van der Waals surface area contributed by atoms with Gasteiger partial charge in [0.25, 0.3) is 5.56 Å². The average molecular weight is 395 g/mol. The third-order valence-corrected chi connectivity index (χ3v) is 5.34. The van der Waals surface area contributed by atoms with Crippen molar-refractivity contribution < 1.29 is 4.79 Å². The summed E-state index contributed by atoms with van der Waals surface area (Å²) in [5, 5.41) is 0. The van der Waals surface area contributed by atoms with Crippen molar-refractivity contribution in [1.29, 1.82) is 0 Å². The summed E-state index contributed by atoms with van der Waals surface area (Å²) in [5.74, 6) is 0.682. The summed E-state index contributed by atoms with van der Waals surface area (Å²) in [6.45, 7) is 8.75. The van der Waals surface area contributed by atoms with Crippen molar-refractivity contribution in [3.63, 3.8) is 0 Å². The summed E-state index contributed by atoms with van der Waals surface area (Å²) >= 11 is 0. The molecule has 0 radical (unpaired) electrons. The molecule has 0 amide bonds. The number of aryl methyl sites for hydroxylation is 3. The van der Waals surface area contributed by atoms with Crippen LogP contribution in [0.4, 0.5) is 11.6 Å². The predicted octanol–water partition coefficient (Wildman–Crippen LogP) is 1.89. The Balaban J connectivity index is 2.02. The summed E-state index contributed by atoms with van der Waals surface area (Å²) in [7, 11) is 1.59. The van der Waals surface area contributed by atoms with Crippen LogP contribution in [0.2, 0.25) is 0 Å². The van der Waals surface area contributed by atoms with Gasteiger partial charge in [-0.3, -0.25) is 18.7 Å². The lowest BCUT2D eigenvalue weighted by Gasteiger charge is -2.33. The zero-order valence-electron chi connectivity index (χ0n) is 17.4. The standard InChI is InChI=1S/C21H25N5O3/c1-12-6-13(2)8-16(7-12)24-9-14(3)10-25-17-18(22-20(24)25)23(5)21(29)26(19(17)28)11-15(4)27/h6-8,14H,9-11H2,1-5H3. The van der Waals surface area contributed by atoms with Crippen LogP contribution in [0.25, 0.3) is 11.2 Å². The highest BCUT2D eigenvalue weighted by molar-refractivity contribution is 5.78. The highest BCUT2D eigenvalue weighted by Crippen LogP contribution is 2.33. The third-order valence-electron chi connectivity index (χ3n) is 5.34. The van der Waals surface area contributed by atoms with Crippen LogP contribution in [0.15, 0.2) is 27.8 Å². The number of benzene rings is 1. The maximum Gasteiger partial charge on any atom is 0.332 e. The number of fused-ring (bicyclic) bond motifs is 3. The van der Waals surface area contributed by atoms with Gasteiger partial charge in [-0.1, -0.05) is 13.0 Å². The molecule has 0 N–H and O–H groups in total. The van der Waals surface area contributed by atoms with Gasteiger partial charge in [-0.2, -0.15) is 4.98 Å². The number of hydrogen-bond donors (Lipinski definition) is 0. The zero-order chi connectivity index (χ0) is 21.0. The summed E-state index contributed by atoms with van der Waals surface area (Å²) in [4.78, 5) is 44.2. The fraction of sp³-hybridized carbons (Fsp3) is 0.429. The molecule has 8 heteroatoms. The number of Topliss-reactive ketones (excluding diaryl/α,β-unsaturated/α-hetero) is 1. The molecule has 1 unspecified atom stereocenters. The van der Waals surface area contributed by atoms with Gasteiger partial charge >= 0.3 is 5.69 Å². The number of hydrogen-bond acceptors (Lipinski definition) is 5. The van der Waals surface area contributed by atoms with Gasteiger partial charge in [-0.05, 0) is 49.9 Å². The van der Waals surface area contributed by atoms with E-state index in [1.165, 1.54) is 11.5 Å². The molecule has 0 aliphatic carbocycles. The second-order valence-electron chi connectivity index (χ2n) is 8.19. The first-order chi connectivity index (χ1) is 13.7. The number of imidazole rings is 1. The van der Waals surface area contributed by atoms with Crippen LogP contribution < -0.4 is 16.1 Å². The maximum absolute atomic E-state index is 13.1. The van der Waals surface area contributed by atoms with Gasteiger partial charge in [0.15, 0.2) is 11.2 Å². The Hall–Kier alpha value is -3.16. The first-order valence-electron chi connectivity index (χ1n) is 9.72. The Morgan fingerprint density at radius 2 is 1.79 bits per heavy atom. The Morgan fingerprint density at radius 3 is 2.41 bits per heavy atom. The van der Waals surface area contributed by atoms with Gasteiger partial charge in [-0.15, -0.1) is 0 Å². The van der Waals surface area contributed by atoms with Crippen LogP contribution in [-0.4, -0.2) is 31.0 Å². The highest BCUT2D eigenvalue weighted by atomic mass is 16.2. The van der Waals surface area contributed by atoms with E-state index in [1.54, 1.807) is 7.05 Å². The Bertz CT molecular complexity index is 1240. The molecule has 1 atom stereocenters. The topological polar surface area (TPSA) is 82.1 Å². The molecule has 0 spiro atoms. The van der Waals surface area contributed by atoms with E-state index < -0.39 is 11.2 Å². The van der Waals surface area contributed by atoms with Crippen molar-refractivity contribution in [2.24, 2.45) is 13.0 Å². The van der Waals surface area contributed by atoms with E-state index in [-0.39, 0.29) is 18.2 Å². The van der Waals surface area contributed by atoms with Crippen molar-refractivity contribution >= 4 is 28.6 Å². The maximum atomic E-state index is 13.1. The number of carbonyl (C=O) groups excluding carboxylic acids is 1. The number of ketones is 1. The second-order valence-corrected chi connectivity index (χ2v) is 8.19. The predicted molar refractivity (Wildman–Crippen MR) is 112 cm³/mol. The largest absolute Gasteiger partial charge is 0.332 e. The van der Waals surface area contributed by atoms with E-state index in [0.29, 0.717) is 23.7 Å². The lowest BCUT2D eigenvalue weighted by atomic mass is 10.1. The minimum absolute atomic E-state index is 0.238. The van der Waals surface area contributed by atoms with E-state index in [1.807, 2.05) is 4.57 Å². The smallest absolute Gasteiger partial charge is 0.312 e. The summed E-state index contributed by atoms with van der Waals surface area (Å²) < 4.78 is 4.25. The van der Waals surface area contributed by atoms with Gasteiger partial charge in [0.2, 0.25) is 5.95 Å². The molecule has 4 rings (SSSR count). The minimum atomic E-state index is -0.529. The molecule has 29 heavy (non-hydrogen) atoms. The molecule has 0 bridgehead atoms. The van der Waals surface area contributed by atoms with Gasteiger partial charge in [0, 0.05) is 25.8 Å². The molecule has 3 heterocycles. The van der Waals surface area contributed by atoms with E-state index in [4.69, 9.17) is 4.98 Å². The van der Waals surface area contributed by atoms with E-state index in [9.17, 15) is 14.4 Å². The Morgan fingerprint density at radius 1 is 1.14 bits per heavy atom. The first kappa shape index (κ1) is 19.2. The normalized spacial score (nSPS) is 16.3. The molecular formula is C21H25N5O3. The first-order valence-corrected chi connectivity index (χ1v) is 9.72. The molecule has 0 saturated carbocycles. The van der Waals surface area contributed by atoms with E-state index in [0.717, 1.165) is 27.9 Å². The molecular weight excluding hydrogens is 370 g/mol. The SMILES string of the molecule is CC(=O)Cn1c(=O)c2c(nc3n2CC(C)CN3c2cc(C)cc(C)c2)n(C)c1=O. The van der Waals surface area contributed by atoms with Gasteiger partial charge in [0.05, 0.1) is 6.54 Å². The summed E-state index contributed by atoms with van der Waals surface area (Å²) in [5.41, 5.74) is 3.03. The Labute approximate surface area is 168 Å². The molecule has 1 aliphatic heterocycles. The number of rotatable bonds is 3. The monoisotopic (exact) mass is 395 g/mol. The quantitative estimate of drug-likeness (QED) is 0.676. The molecule has 1 aromatic carbocycles. The van der Waals surface area contributed by atoms with Crippen LogP contribution >= 0.6 is 0 Å². The van der Waals surface area contributed by atoms with E-state index >= 15 is 0 Å². The summed E-state index contributed by atoms with van der Waals surface area (Å²) in [6, 6.07) is 6.31. The molecule has 2 aromatic heterocycles. The molecule has 1 aliphatic rings. The number of anilines is 2. The third kappa shape index (κ3) is 3.08. The highest BCUT2D eigenvalue weighted by Gasteiger charge is 2.30.